The van der Waals surface area contributed by atoms with Crippen molar-refractivity contribution < 1.29 is 17.9 Å². The van der Waals surface area contributed by atoms with Crippen molar-refractivity contribution in [3.05, 3.63) is 36.0 Å². The van der Waals surface area contributed by atoms with E-state index >= 15 is 0 Å². The van der Waals surface area contributed by atoms with E-state index in [2.05, 4.69) is 5.10 Å². The third kappa shape index (κ3) is 3.27. The van der Waals surface area contributed by atoms with Crippen molar-refractivity contribution in [2.75, 3.05) is 6.61 Å². The number of ether oxygens (including phenoxy) is 1. The molecule has 3 nitrogen and oxygen atoms in total. The number of rotatable bonds is 3. The largest absolute Gasteiger partial charge is 0.483 e. The summed E-state index contributed by atoms with van der Waals surface area (Å²) in [6, 6.07) is 6.90. The highest BCUT2D eigenvalue weighted by Gasteiger charge is 2.29. The van der Waals surface area contributed by atoms with E-state index in [1.165, 1.54) is 0 Å². The number of nitrogens with zero attached hydrogens (tertiary/aromatic N) is 2. The zero-order valence-corrected chi connectivity index (χ0v) is 10.5. The average Bonchev–Trinajstić information content (AvgIpc) is 2.72. The molecule has 1 aromatic carbocycles. The van der Waals surface area contributed by atoms with E-state index in [0.29, 0.717) is 16.8 Å². The number of hydrogen-bond acceptors (Lipinski definition) is 2. The highest BCUT2D eigenvalue weighted by Crippen LogP contribution is 2.33. The SMILES string of the molecule is Cc1cccc(-c2ccn(C)n2)c1OCC(F)(F)F. The zero-order valence-electron chi connectivity index (χ0n) is 10.5. The molecule has 0 fully saturated rings. The molecule has 0 amide bonds. The van der Waals surface area contributed by atoms with Crippen LogP contribution in [0, 0.1) is 6.92 Å². The summed E-state index contributed by atoms with van der Waals surface area (Å²) >= 11 is 0. The molecule has 0 spiro atoms. The molecule has 1 aromatic heterocycles. The van der Waals surface area contributed by atoms with Crippen molar-refractivity contribution >= 4 is 0 Å². The number of para-hydroxylation sites is 1. The van der Waals surface area contributed by atoms with Crippen molar-refractivity contribution in [1.82, 2.24) is 9.78 Å². The van der Waals surface area contributed by atoms with Crippen LogP contribution in [0.2, 0.25) is 0 Å². The normalized spacial score (nSPS) is 11.6. The van der Waals surface area contributed by atoms with Gasteiger partial charge in [0.1, 0.15) is 5.75 Å². The van der Waals surface area contributed by atoms with Crippen LogP contribution in [0.5, 0.6) is 5.75 Å². The monoisotopic (exact) mass is 270 g/mol. The molecule has 19 heavy (non-hydrogen) atoms. The van der Waals surface area contributed by atoms with Crippen LogP contribution in [0.15, 0.2) is 30.5 Å². The summed E-state index contributed by atoms with van der Waals surface area (Å²) in [5.41, 5.74) is 1.79. The Morgan fingerprint density at radius 2 is 2.00 bits per heavy atom. The van der Waals surface area contributed by atoms with Crippen molar-refractivity contribution in [3.63, 3.8) is 0 Å². The van der Waals surface area contributed by atoms with Crippen LogP contribution >= 0.6 is 0 Å². The van der Waals surface area contributed by atoms with E-state index in [-0.39, 0.29) is 5.75 Å². The number of alkyl halides is 3. The number of halogens is 3. The van der Waals surface area contributed by atoms with Crippen LogP contribution in [0.4, 0.5) is 13.2 Å². The Bertz CT molecular complexity index is 576. The van der Waals surface area contributed by atoms with Crippen LogP contribution in [0.25, 0.3) is 11.3 Å². The van der Waals surface area contributed by atoms with Crippen molar-refractivity contribution in [1.29, 1.82) is 0 Å². The quantitative estimate of drug-likeness (QED) is 0.855. The third-order valence-corrected chi connectivity index (χ3v) is 2.58. The smallest absolute Gasteiger partial charge is 0.422 e. The van der Waals surface area contributed by atoms with Crippen LogP contribution in [-0.2, 0) is 7.05 Å². The molecule has 0 N–H and O–H groups in total. The van der Waals surface area contributed by atoms with Crippen molar-refractivity contribution in [3.8, 4) is 17.0 Å². The first-order valence-corrected chi connectivity index (χ1v) is 5.66. The van der Waals surface area contributed by atoms with E-state index in [4.69, 9.17) is 4.74 Å². The van der Waals surface area contributed by atoms with Gasteiger partial charge in [0.2, 0.25) is 0 Å². The second-order valence-electron chi connectivity index (χ2n) is 4.23. The first kappa shape index (κ1) is 13.5. The first-order chi connectivity index (χ1) is 8.87. The molecule has 6 heteroatoms. The fraction of sp³-hybridized carbons (Fsp3) is 0.308. The predicted molar refractivity (Wildman–Crippen MR) is 64.9 cm³/mol. The Kier molecular flexibility index (Phi) is 3.50. The summed E-state index contributed by atoms with van der Waals surface area (Å²) in [6.07, 6.45) is -2.63. The maximum atomic E-state index is 12.3. The van der Waals surface area contributed by atoms with Gasteiger partial charge >= 0.3 is 6.18 Å². The predicted octanol–water partition coefficient (Wildman–Crippen LogP) is 3.34. The Labute approximate surface area is 108 Å². The van der Waals surface area contributed by atoms with E-state index < -0.39 is 12.8 Å². The minimum absolute atomic E-state index is 0.221. The van der Waals surface area contributed by atoms with Gasteiger partial charge < -0.3 is 4.74 Å². The Balaban J connectivity index is 2.36. The number of aromatic nitrogens is 2. The molecule has 102 valence electrons. The van der Waals surface area contributed by atoms with E-state index in [1.807, 2.05) is 0 Å². The molecule has 0 unspecified atom stereocenters. The van der Waals surface area contributed by atoms with Crippen LogP contribution in [-0.4, -0.2) is 22.6 Å². The second kappa shape index (κ2) is 4.95. The van der Waals surface area contributed by atoms with E-state index in [0.717, 1.165) is 0 Å². The van der Waals surface area contributed by atoms with Crippen molar-refractivity contribution in [2.45, 2.75) is 13.1 Å². The molecule has 0 atom stereocenters. The molecule has 0 saturated carbocycles. The molecule has 0 bridgehead atoms. The van der Waals surface area contributed by atoms with Crippen molar-refractivity contribution in [2.24, 2.45) is 7.05 Å². The van der Waals surface area contributed by atoms with Gasteiger partial charge in [-0.15, -0.1) is 0 Å². The van der Waals surface area contributed by atoms with Gasteiger partial charge in [0.25, 0.3) is 0 Å². The summed E-state index contributed by atoms with van der Waals surface area (Å²) < 4.78 is 43.3. The lowest BCUT2D eigenvalue weighted by Crippen LogP contribution is -2.19. The summed E-state index contributed by atoms with van der Waals surface area (Å²) in [6.45, 7) is 0.399. The first-order valence-electron chi connectivity index (χ1n) is 5.66. The molecule has 0 radical (unpaired) electrons. The Morgan fingerprint density at radius 1 is 1.26 bits per heavy atom. The maximum Gasteiger partial charge on any atom is 0.422 e. The Morgan fingerprint density at radius 3 is 2.58 bits per heavy atom. The zero-order chi connectivity index (χ0) is 14.0. The van der Waals surface area contributed by atoms with Gasteiger partial charge in [-0.05, 0) is 24.6 Å². The lowest BCUT2D eigenvalue weighted by atomic mass is 10.1. The van der Waals surface area contributed by atoms with Gasteiger partial charge in [0.15, 0.2) is 6.61 Å². The second-order valence-corrected chi connectivity index (χ2v) is 4.23. The summed E-state index contributed by atoms with van der Waals surface area (Å²) in [4.78, 5) is 0. The maximum absolute atomic E-state index is 12.3. The van der Waals surface area contributed by atoms with Gasteiger partial charge in [-0.25, -0.2) is 0 Å². The van der Waals surface area contributed by atoms with Gasteiger partial charge in [-0.1, -0.05) is 12.1 Å². The molecule has 2 aromatic rings. The topological polar surface area (TPSA) is 27.1 Å². The standard InChI is InChI=1S/C13H13F3N2O/c1-9-4-3-5-10(11-6-7-18(2)17-11)12(9)19-8-13(14,15)16/h3-7H,8H2,1-2H3. The van der Waals surface area contributed by atoms with E-state index in [1.54, 1.807) is 49.1 Å². The number of hydrogen-bond donors (Lipinski definition) is 0. The molecule has 0 aliphatic carbocycles. The number of benzene rings is 1. The average molecular weight is 270 g/mol. The number of aryl methyl sites for hydroxylation is 2. The lowest BCUT2D eigenvalue weighted by molar-refractivity contribution is -0.153. The van der Waals surface area contributed by atoms with Gasteiger partial charge in [0, 0.05) is 18.8 Å². The minimum atomic E-state index is -4.36. The fourth-order valence-corrected chi connectivity index (χ4v) is 1.76. The van der Waals surface area contributed by atoms with Gasteiger partial charge in [-0.3, -0.25) is 4.68 Å². The summed E-state index contributed by atoms with van der Waals surface area (Å²) in [5.74, 6) is 0.221. The summed E-state index contributed by atoms with van der Waals surface area (Å²) in [5, 5.41) is 4.18. The van der Waals surface area contributed by atoms with Crippen LogP contribution in [0.3, 0.4) is 0 Å². The molecular formula is C13H13F3N2O. The fourth-order valence-electron chi connectivity index (χ4n) is 1.76. The lowest BCUT2D eigenvalue weighted by Gasteiger charge is -2.14. The highest BCUT2D eigenvalue weighted by atomic mass is 19.4. The highest BCUT2D eigenvalue weighted by molar-refractivity contribution is 5.68. The van der Waals surface area contributed by atoms with Gasteiger partial charge in [0.05, 0.1) is 5.69 Å². The van der Waals surface area contributed by atoms with Crippen LogP contribution in [0.1, 0.15) is 5.56 Å². The van der Waals surface area contributed by atoms with Crippen LogP contribution < -0.4 is 4.74 Å². The van der Waals surface area contributed by atoms with E-state index in [9.17, 15) is 13.2 Å². The molecule has 2 rings (SSSR count). The third-order valence-electron chi connectivity index (χ3n) is 2.58. The molecule has 0 saturated heterocycles. The molecule has 0 aliphatic rings. The molecular weight excluding hydrogens is 257 g/mol. The van der Waals surface area contributed by atoms with Gasteiger partial charge in [-0.2, -0.15) is 18.3 Å². The molecule has 1 heterocycles. The Hall–Kier alpha value is -1.98. The molecule has 0 aliphatic heterocycles. The minimum Gasteiger partial charge on any atom is -0.483 e. The summed E-state index contributed by atoms with van der Waals surface area (Å²) in [7, 11) is 1.75.